The highest BCUT2D eigenvalue weighted by Crippen LogP contribution is 2.39. The van der Waals surface area contributed by atoms with Crippen LogP contribution < -0.4 is 5.73 Å². The van der Waals surface area contributed by atoms with Crippen LogP contribution in [0.1, 0.15) is 42.4 Å². The predicted molar refractivity (Wildman–Crippen MR) is 57.0 cm³/mol. The lowest BCUT2D eigenvalue weighted by Gasteiger charge is -2.29. The molecule has 1 saturated carbocycles. The second kappa shape index (κ2) is 4.11. The summed E-state index contributed by atoms with van der Waals surface area (Å²) in [5.41, 5.74) is 7.81. The average Bonchev–Trinajstić information content (AvgIpc) is 2.15. The number of hydrogen-bond donors (Lipinski definition) is 2. The highest BCUT2D eigenvalue weighted by molar-refractivity contribution is 5.33. The molecule has 1 atom stereocenters. The van der Waals surface area contributed by atoms with Crippen LogP contribution in [-0.4, -0.2) is 11.7 Å². The van der Waals surface area contributed by atoms with Gasteiger partial charge >= 0.3 is 0 Å². The summed E-state index contributed by atoms with van der Waals surface area (Å²) in [6.07, 6.45) is 3.34. The molecule has 1 aliphatic carbocycles. The van der Waals surface area contributed by atoms with E-state index in [1.165, 1.54) is 24.8 Å². The highest BCUT2D eigenvalue weighted by Gasteiger charge is 2.23. The van der Waals surface area contributed by atoms with Crippen molar-refractivity contribution in [3.8, 4) is 0 Å². The lowest BCUT2D eigenvalue weighted by atomic mass is 9.77. The molecule has 0 amide bonds. The first-order valence-corrected chi connectivity index (χ1v) is 5.30. The van der Waals surface area contributed by atoms with Gasteiger partial charge in [0.05, 0.1) is 6.10 Å². The quantitative estimate of drug-likeness (QED) is 0.767. The lowest BCUT2D eigenvalue weighted by molar-refractivity contribution is 0.184. The van der Waals surface area contributed by atoms with E-state index in [-0.39, 0.29) is 0 Å². The van der Waals surface area contributed by atoms with E-state index in [4.69, 9.17) is 5.73 Å². The van der Waals surface area contributed by atoms with Gasteiger partial charge in [0.2, 0.25) is 0 Å². The number of rotatable bonds is 3. The molecular weight excluding hydrogens is 174 g/mol. The van der Waals surface area contributed by atoms with Crippen LogP contribution in [0.2, 0.25) is 0 Å². The lowest BCUT2D eigenvalue weighted by Crippen LogP contribution is -2.17. The molecule has 0 aromatic heterocycles. The van der Waals surface area contributed by atoms with E-state index >= 15 is 0 Å². The van der Waals surface area contributed by atoms with E-state index in [0.29, 0.717) is 12.5 Å². The maximum atomic E-state index is 9.75. The summed E-state index contributed by atoms with van der Waals surface area (Å²) in [4.78, 5) is 0. The standard InChI is InChI=1S/C12H17NO/c13-8-12(14)11-7-2-1-6-10(11)9-4-3-5-9/h1-2,6-7,9,12,14H,3-5,8,13H2. The Bertz CT molecular complexity index is 283. The SMILES string of the molecule is NCC(O)c1ccccc1C1CCC1. The third-order valence-corrected chi connectivity index (χ3v) is 3.12. The molecule has 1 fully saturated rings. The minimum Gasteiger partial charge on any atom is -0.387 e. The Balaban J connectivity index is 2.27. The van der Waals surface area contributed by atoms with Crippen molar-refractivity contribution in [2.75, 3.05) is 6.54 Å². The second-order valence-corrected chi connectivity index (χ2v) is 4.01. The number of aliphatic hydroxyl groups excluding tert-OH is 1. The van der Waals surface area contributed by atoms with Crippen LogP contribution >= 0.6 is 0 Å². The summed E-state index contributed by atoms with van der Waals surface area (Å²) in [5.74, 6) is 0.660. The molecule has 0 saturated heterocycles. The van der Waals surface area contributed by atoms with Crippen molar-refractivity contribution in [2.24, 2.45) is 5.73 Å². The van der Waals surface area contributed by atoms with Crippen LogP contribution in [0.15, 0.2) is 24.3 Å². The largest absolute Gasteiger partial charge is 0.387 e. The predicted octanol–water partition coefficient (Wildman–Crippen LogP) is 1.95. The smallest absolute Gasteiger partial charge is 0.0914 e. The van der Waals surface area contributed by atoms with Gasteiger partial charge in [0.1, 0.15) is 0 Å². The molecular formula is C12H17NO. The van der Waals surface area contributed by atoms with Gasteiger partial charge < -0.3 is 10.8 Å². The second-order valence-electron chi connectivity index (χ2n) is 4.01. The van der Waals surface area contributed by atoms with Gasteiger partial charge in [-0.2, -0.15) is 0 Å². The molecule has 1 aromatic carbocycles. The van der Waals surface area contributed by atoms with E-state index in [9.17, 15) is 5.11 Å². The Kier molecular flexibility index (Phi) is 2.85. The number of aliphatic hydroxyl groups is 1. The molecule has 0 bridgehead atoms. The molecule has 1 unspecified atom stereocenters. The summed E-state index contributed by atoms with van der Waals surface area (Å²) >= 11 is 0. The first-order valence-electron chi connectivity index (χ1n) is 5.30. The van der Waals surface area contributed by atoms with E-state index in [0.717, 1.165) is 5.56 Å². The van der Waals surface area contributed by atoms with Crippen LogP contribution in [-0.2, 0) is 0 Å². The number of hydrogen-bond acceptors (Lipinski definition) is 2. The Morgan fingerprint density at radius 3 is 2.64 bits per heavy atom. The monoisotopic (exact) mass is 191 g/mol. The fourth-order valence-electron chi connectivity index (χ4n) is 2.03. The van der Waals surface area contributed by atoms with E-state index in [2.05, 4.69) is 6.07 Å². The molecule has 3 N–H and O–H groups in total. The molecule has 0 spiro atoms. The molecule has 2 rings (SSSR count). The average molecular weight is 191 g/mol. The normalized spacial score (nSPS) is 19.0. The molecule has 2 heteroatoms. The molecule has 2 nitrogen and oxygen atoms in total. The summed E-state index contributed by atoms with van der Waals surface area (Å²) in [5, 5.41) is 9.75. The van der Waals surface area contributed by atoms with Crippen molar-refractivity contribution in [2.45, 2.75) is 31.3 Å². The number of benzene rings is 1. The molecule has 76 valence electrons. The molecule has 0 radical (unpaired) electrons. The Morgan fingerprint density at radius 1 is 1.36 bits per heavy atom. The van der Waals surface area contributed by atoms with E-state index < -0.39 is 6.10 Å². The third-order valence-electron chi connectivity index (χ3n) is 3.12. The minimum atomic E-state index is -0.494. The third kappa shape index (κ3) is 1.68. The van der Waals surface area contributed by atoms with Crippen molar-refractivity contribution in [3.63, 3.8) is 0 Å². The fourth-order valence-corrected chi connectivity index (χ4v) is 2.03. The first kappa shape index (κ1) is 9.69. The van der Waals surface area contributed by atoms with Crippen molar-refractivity contribution < 1.29 is 5.11 Å². The Hall–Kier alpha value is -0.860. The van der Waals surface area contributed by atoms with Crippen LogP contribution in [0.5, 0.6) is 0 Å². The van der Waals surface area contributed by atoms with Gasteiger partial charge in [-0.3, -0.25) is 0 Å². The topological polar surface area (TPSA) is 46.2 Å². The van der Waals surface area contributed by atoms with Crippen LogP contribution in [0.4, 0.5) is 0 Å². The van der Waals surface area contributed by atoms with Crippen molar-refractivity contribution in [1.29, 1.82) is 0 Å². The van der Waals surface area contributed by atoms with Crippen molar-refractivity contribution >= 4 is 0 Å². The zero-order chi connectivity index (χ0) is 9.97. The number of nitrogens with two attached hydrogens (primary N) is 1. The summed E-state index contributed by atoms with van der Waals surface area (Å²) in [6.45, 7) is 0.309. The van der Waals surface area contributed by atoms with Crippen molar-refractivity contribution in [1.82, 2.24) is 0 Å². The van der Waals surface area contributed by atoms with Gasteiger partial charge in [-0.05, 0) is 29.9 Å². The summed E-state index contributed by atoms with van der Waals surface area (Å²) in [6, 6.07) is 8.12. The maximum absolute atomic E-state index is 9.75. The minimum absolute atomic E-state index is 0.309. The zero-order valence-electron chi connectivity index (χ0n) is 8.32. The summed E-state index contributed by atoms with van der Waals surface area (Å²) < 4.78 is 0. The van der Waals surface area contributed by atoms with E-state index in [1.807, 2.05) is 18.2 Å². The maximum Gasteiger partial charge on any atom is 0.0914 e. The molecule has 0 heterocycles. The summed E-state index contributed by atoms with van der Waals surface area (Å²) in [7, 11) is 0. The molecule has 0 aliphatic heterocycles. The van der Waals surface area contributed by atoms with Gasteiger partial charge in [0, 0.05) is 6.54 Å². The molecule has 1 aromatic rings. The molecule has 14 heavy (non-hydrogen) atoms. The Morgan fingerprint density at radius 2 is 2.07 bits per heavy atom. The van der Waals surface area contributed by atoms with Gasteiger partial charge in [-0.1, -0.05) is 30.7 Å². The van der Waals surface area contributed by atoms with Gasteiger partial charge in [-0.25, -0.2) is 0 Å². The van der Waals surface area contributed by atoms with Crippen LogP contribution in [0.3, 0.4) is 0 Å². The van der Waals surface area contributed by atoms with Crippen molar-refractivity contribution in [3.05, 3.63) is 35.4 Å². The fraction of sp³-hybridized carbons (Fsp3) is 0.500. The van der Waals surface area contributed by atoms with Gasteiger partial charge in [-0.15, -0.1) is 0 Å². The van der Waals surface area contributed by atoms with Gasteiger partial charge in [0.25, 0.3) is 0 Å². The van der Waals surface area contributed by atoms with Gasteiger partial charge in [0.15, 0.2) is 0 Å². The van der Waals surface area contributed by atoms with E-state index in [1.54, 1.807) is 0 Å². The first-order chi connectivity index (χ1) is 6.83. The van der Waals surface area contributed by atoms with Crippen LogP contribution in [0, 0.1) is 0 Å². The van der Waals surface area contributed by atoms with Crippen LogP contribution in [0.25, 0.3) is 0 Å². The Labute approximate surface area is 84.7 Å². The zero-order valence-corrected chi connectivity index (χ0v) is 8.32. The highest BCUT2D eigenvalue weighted by atomic mass is 16.3. The molecule has 1 aliphatic rings.